The Hall–Kier alpha value is -2.01. The lowest BCUT2D eigenvalue weighted by atomic mass is 10.3. The number of thiocarbonyl (C=S) groups is 1. The summed E-state index contributed by atoms with van der Waals surface area (Å²) in [6.45, 7) is 1.76. The first-order valence-electron chi connectivity index (χ1n) is 5.09. The van der Waals surface area contributed by atoms with Crippen LogP contribution >= 0.6 is 12.2 Å². The van der Waals surface area contributed by atoms with Gasteiger partial charge in [-0.15, -0.1) is 0 Å². The third kappa shape index (κ3) is 2.76. The van der Waals surface area contributed by atoms with Crippen LogP contribution in [0, 0.1) is 0 Å². The van der Waals surface area contributed by atoms with Crippen molar-refractivity contribution in [3.63, 3.8) is 0 Å². The maximum atomic E-state index is 11.7. The molecule has 17 heavy (non-hydrogen) atoms. The molecule has 0 fully saturated rings. The van der Waals surface area contributed by atoms with Crippen molar-refractivity contribution in [3.8, 4) is 0 Å². The van der Waals surface area contributed by atoms with Crippen LogP contribution in [-0.2, 0) is 0 Å². The highest BCUT2D eigenvalue weighted by Crippen LogP contribution is 2.06. The second-order valence-corrected chi connectivity index (χ2v) is 4.11. The number of H-pyrrole nitrogens is 1. The molecular formula is C12H11N3OS. The molecule has 0 spiro atoms. The van der Waals surface area contributed by atoms with E-state index >= 15 is 0 Å². The molecule has 0 atom stereocenters. The number of aromatic nitrogens is 2. The zero-order chi connectivity index (χ0) is 12.3. The third-order valence-corrected chi connectivity index (χ3v) is 2.27. The van der Waals surface area contributed by atoms with E-state index in [4.69, 9.17) is 12.2 Å². The smallest absolute Gasteiger partial charge is 0.274 e. The molecule has 5 heteroatoms. The first-order valence-corrected chi connectivity index (χ1v) is 5.50. The van der Waals surface area contributed by atoms with Gasteiger partial charge >= 0.3 is 0 Å². The van der Waals surface area contributed by atoms with Crippen molar-refractivity contribution in [2.75, 3.05) is 0 Å². The highest BCUT2D eigenvalue weighted by molar-refractivity contribution is 7.80. The average molecular weight is 245 g/mol. The van der Waals surface area contributed by atoms with E-state index in [0.717, 1.165) is 11.0 Å². The van der Waals surface area contributed by atoms with E-state index in [2.05, 4.69) is 15.3 Å². The van der Waals surface area contributed by atoms with Crippen molar-refractivity contribution in [2.24, 2.45) is 0 Å². The fourth-order valence-corrected chi connectivity index (χ4v) is 1.46. The summed E-state index contributed by atoms with van der Waals surface area (Å²) in [5.41, 5.74) is 1.62. The molecule has 1 aromatic heterocycles. The largest absolute Gasteiger partial charge is 0.356 e. The number of fused-ring (bicyclic) bond motifs is 1. The van der Waals surface area contributed by atoms with Gasteiger partial charge in [0.15, 0.2) is 0 Å². The number of aromatic amines is 1. The van der Waals surface area contributed by atoms with Crippen molar-refractivity contribution >= 4 is 34.3 Å². The van der Waals surface area contributed by atoms with Gasteiger partial charge in [-0.2, -0.15) is 0 Å². The summed E-state index contributed by atoms with van der Waals surface area (Å²) in [6.07, 6.45) is 3.20. The molecule has 0 saturated carbocycles. The first-order chi connectivity index (χ1) is 8.16. The fourth-order valence-electron chi connectivity index (χ4n) is 1.39. The van der Waals surface area contributed by atoms with Gasteiger partial charge in [-0.05, 0) is 25.1 Å². The van der Waals surface area contributed by atoms with E-state index in [9.17, 15) is 4.79 Å². The monoisotopic (exact) mass is 245 g/mol. The van der Waals surface area contributed by atoms with Gasteiger partial charge < -0.3 is 10.3 Å². The Bertz CT molecular complexity index is 645. The molecule has 4 nitrogen and oxygen atoms in total. The summed E-state index contributed by atoms with van der Waals surface area (Å²) >= 11 is 4.85. The molecule has 0 radical (unpaired) electrons. The fraction of sp³-hybridized carbons (Fsp3) is 0.0833. The summed E-state index contributed by atoms with van der Waals surface area (Å²) in [5, 5.41) is 2.83. The predicted molar refractivity (Wildman–Crippen MR) is 72.8 cm³/mol. The summed E-state index contributed by atoms with van der Waals surface area (Å²) in [5.74, 6) is 0. The molecule has 2 aromatic rings. The minimum atomic E-state index is -0.219. The zero-order valence-electron chi connectivity index (χ0n) is 9.23. The normalized spacial score (nSPS) is 10.9. The van der Waals surface area contributed by atoms with Crippen LogP contribution in [0.25, 0.3) is 17.1 Å². The molecule has 2 N–H and O–H groups in total. The van der Waals surface area contributed by atoms with Crippen molar-refractivity contribution < 1.29 is 0 Å². The number of hydrogen-bond donors (Lipinski definition) is 2. The van der Waals surface area contributed by atoms with Crippen molar-refractivity contribution in [1.82, 2.24) is 15.3 Å². The second-order valence-electron chi connectivity index (χ2n) is 3.50. The van der Waals surface area contributed by atoms with Gasteiger partial charge in [-0.3, -0.25) is 4.79 Å². The summed E-state index contributed by atoms with van der Waals surface area (Å²) in [7, 11) is 0. The standard InChI is InChI=1S/C12H11N3OS/c1-8(17)13-7-6-11-12(16)15-10-5-3-2-4-9(10)14-11/h2-7H,1H3,(H,13,17)(H,15,16)/b7-6-. The van der Waals surface area contributed by atoms with Crippen LogP contribution < -0.4 is 10.9 Å². The summed E-state index contributed by atoms with van der Waals surface area (Å²) in [6, 6.07) is 7.39. The van der Waals surface area contributed by atoms with Crippen molar-refractivity contribution in [2.45, 2.75) is 6.92 Å². The zero-order valence-corrected chi connectivity index (χ0v) is 10.0. The SMILES string of the molecule is CC(=S)N/C=C\c1nc2ccccc2[nH]c1=O. The van der Waals surface area contributed by atoms with Gasteiger partial charge in [-0.25, -0.2) is 4.98 Å². The number of nitrogens with zero attached hydrogens (tertiary/aromatic N) is 1. The molecule has 0 bridgehead atoms. The van der Waals surface area contributed by atoms with Gasteiger partial charge in [0.1, 0.15) is 5.69 Å². The van der Waals surface area contributed by atoms with Gasteiger partial charge in [0.25, 0.3) is 5.56 Å². The number of nitrogens with one attached hydrogen (secondary N) is 2. The minimum absolute atomic E-state index is 0.219. The summed E-state index contributed by atoms with van der Waals surface area (Å²) < 4.78 is 0. The molecule has 1 heterocycles. The van der Waals surface area contributed by atoms with E-state index in [0.29, 0.717) is 10.7 Å². The number of hydrogen-bond acceptors (Lipinski definition) is 3. The Balaban J connectivity index is 2.41. The Labute approximate surface area is 103 Å². The Kier molecular flexibility index (Phi) is 3.30. The highest BCUT2D eigenvalue weighted by atomic mass is 32.1. The highest BCUT2D eigenvalue weighted by Gasteiger charge is 2.00. The van der Waals surface area contributed by atoms with Crippen molar-refractivity contribution in [1.29, 1.82) is 0 Å². The Morgan fingerprint density at radius 1 is 1.47 bits per heavy atom. The first kappa shape index (κ1) is 11.5. The predicted octanol–water partition coefficient (Wildman–Crippen LogP) is 1.83. The number of benzene rings is 1. The van der Waals surface area contributed by atoms with Crippen LogP contribution in [0.2, 0.25) is 0 Å². The molecule has 0 aliphatic rings. The maximum absolute atomic E-state index is 11.7. The minimum Gasteiger partial charge on any atom is -0.356 e. The van der Waals surface area contributed by atoms with Crippen LogP contribution in [-0.4, -0.2) is 15.0 Å². The topological polar surface area (TPSA) is 57.8 Å². The molecule has 0 aliphatic carbocycles. The van der Waals surface area contributed by atoms with Gasteiger partial charge in [0.05, 0.1) is 16.0 Å². The lowest BCUT2D eigenvalue weighted by Gasteiger charge is -1.98. The lowest BCUT2D eigenvalue weighted by Crippen LogP contribution is -2.13. The summed E-state index contributed by atoms with van der Waals surface area (Å²) in [4.78, 5) is 19.3. The molecule has 1 aromatic carbocycles. The van der Waals surface area contributed by atoms with E-state index in [1.807, 2.05) is 24.3 Å². The van der Waals surface area contributed by atoms with Gasteiger partial charge in [0, 0.05) is 6.20 Å². The van der Waals surface area contributed by atoms with Crippen molar-refractivity contribution in [3.05, 3.63) is 46.5 Å². The Morgan fingerprint density at radius 3 is 3.00 bits per heavy atom. The molecule has 2 rings (SSSR count). The Morgan fingerprint density at radius 2 is 2.24 bits per heavy atom. The molecule has 0 aliphatic heterocycles. The van der Waals surface area contributed by atoms with Crippen LogP contribution in [0.1, 0.15) is 12.6 Å². The van der Waals surface area contributed by atoms with Gasteiger partial charge in [-0.1, -0.05) is 24.4 Å². The average Bonchev–Trinajstić information content (AvgIpc) is 2.29. The quantitative estimate of drug-likeness (QED) is 0.793. The molecular weight excluding hydrogens is 234 g/mol. The molecule has 0 amide bonds. The molecule has 86 valence electrons. The third-order valence-electron chi connectivity index (χ3n) is 2.15. The lowest BCUT2D eigenvalue weighted by molar-refractivity contribution is 1.18. The van der Waals surface area contributed by atoms with E-state index < -0.39 is 0 Å². The van der Waals surface area contributed by atoms with Gasteiger partial charge in [0.2, 0.25) is 0 Å². The van der Waals surface area contributed by atoms with Crippen LogP contribution in [0.3, 0.4) is 0 Å². The maximum Gasteiger partial charge on any atom is 0.274 e. The van der Waals surface area contributed by atoms with Crippen LogP contribution in [0.5, 0.6) is 0 Å². The van der Waals surface area contributed by atoms with E-state index in [1.165, 1.54) is 0 Å². The van der Waals surface area contributed by atoms with Crippen LogP contribution in [0.15, 0.2) is 35.3 Å². The molecule has 0 unspecified atom stereocenters. The second kappa shape index (κ2) is 4.88. The number of rotatable bonds is 2. The molecule has 0 saturated heterocycles. The number of para-hydroxylation sites is 2. The van der Waals surface area contributed by atoms with E-state index in [1.54, 1.807) is 19.2 Å². The van der Waals surface area contributed by atoms with Crippen LogP contribution in [0.4, 0.5) is 0 Å². The van der Waals surface area contributed by atoms with E-state index in [-0.39, 0.29) is 5.56 Å².